The van der Waals surface area contributed by atoms with E-state index in [1.54, 1.807) is 0 Å². The maximum atomic E-state index is 13.9. The summed E-state index contributed by atoms with van der Waals surface area (Å²) in [5.74, 6) is -0.253. The van der Waals surface area contributed by atoms with Crippen LogP contribution in [0.25, 0.3) is 33.3 Å². The Balaban J connectivity index is 1.51. The van der Waals surface area contributed by atoms with Gasteiger partial charge in [-0.25, -0.2) is 0 Å². The molecular weight excluding hydrogens is 570 g/mol. The summed E-state index contributed by atoms with van der Waals surface area (Å²) in [6.07, 6.45) is 0. The molecule has 0 N–H and O–H groups in total. The molecule has 2 heterocycles. The first-order chi connectivity index (χ1) is 19.9. The number of halogens is 1. The summed E-state index contributed by atoms with van der Waals surface area (Å²) in [4.78, 5) is 7.65. The predicted molar refractivity (Wildman–Crippen MR) is 171 cm³/mol. The molecule has 0 saturated carbocycles. The first-order valence-corrected chi connectivity index (χ1v) is 15.5. The maximum absolute atomic E-state index is 13.9. The van der Waals surface area contributed by atoms with E-state index in [9.17, 15) is 4.39 Å². The Morgan fingerprint density at radius 3 is 1.85 bits per heavy atom. The fourth-order valence-corrected chi connectivity index (χ4v) is 7.75. The summed E-state index contributed by atoms with van der Waals surface area (Å²) in [5, 5.41) is 1.09. The summed E-state index contributed by atoms with van der Waals surface area (Å²) in [5.41, 5.74) is 9.67. The molecule has 7 rings (SSSR count). The molecule has 41 heavy (non-hydrogen) atoms. The minimum absolute atomic E-state index is 0.0712. The average molecular weight is 600 g/mol. The molecule has 0 amide bonds. The third-order valence-electron chi connectivity index (χ3n) is 7.69. The first-order valence-electron chi connectivity index (χ1n) is 13.8. The van der Waals surface area contributed by atoms with Crippen molar-refractivity contribution in [2.45, 2.75) is 26.2 Å². The number of benzene rings is 5. The van der Waals surface area contributed by atoms with Crippen LogP contribution < -0.4 is 13.8 Å². The SMILES string of the molecule is CC(C)(C)c1ccc(-c2cc(-c3ccc(F)cc3)nc3c(N4c5ccccc5[Se]c5ccccc54)cccc23)cc1. The molecule has 0 unspecified atom stereocenters. The number of anilines is 3. The van der Waals surface area contributed by atoms with Crippen molar-refractivity contribution < 1.29 is 4.39 Å². The molecule has 0 bridgehead atoms. The molecule has 4 heteroatoms. The van der Waals surface area contributed by atoms with Gasteiger partial charge in [0.1, 0.15) is 0 Å². The van der Waals surface area contributed by atoms with E-state index in [1.807, 2.05) is 12.1 Å². The second-order valence-electron chi connectivity index (χ2n) is 11.4. The monoisotopic (exact) mass is 600 g/mol. The molecule has 6 aromatic rings. The van der Waals surface area contributed by atoms with Crippen molar-refractivity contribution in [3.8, 4) is 22.4 Å². The van der Waals surface area contributed by atoms with Crippen molar-refractivity contribution in [1.29, 1.82) is 0 Å². The van der Waals surface area contributed by atoms with Crippen molar-refractivity contribution >= 4 is 51.8 Å². The number of hydrogen-bond donors (Lipinski definition) is 0. The van der Waals surface area contributed by atoms with E-state index in [2.05, 4.69) is 123 Å². The Morgan fingerprint density at radius 1 is 0.634 bits per heavy atom. The van der Waals surface area contributed by atoms with Crippen molar-refractivity contribution in [2.24, 2.45) is 0 Å². The van der Waals surface area contributed by atoms with Gasteiger partial charge in [-0.05, 0) is 0 Å². The third-order valence-corrected chi connectivity index (χ3v) is 10.1. The Hall–Kier alpha value is -4.24. The fourth-order valence-electron chi connectivity index (χ4n) is 5.54. The van der Waals surface area contributed by atoms with Gasteiger partial charge in [0.15, 0.2) is 0 Å². The van der Waals surface area contributed by atoms with Crippen molar-refractivity contribution in [2.75, 3.05) is 4.90 Å². The first kappa shape index (κ1) is 25.7. The topological polar surface area (TPSA) is 16.1 Å². The molecule has 1 aliphatic heterocycles. The van der Waals surface area contributed by atoms with Gasteiger partial charge in [-0.3, -0.25) is 0 Å². The van der Waals surface area contributed by atoms with Gasteiger partial charge in [-0.15, -0.1) is 0 Å². The van der Waals surface area contributed by atoms with E-state index in [4.69, 9.17) is 4.98 Å². The van der Waals surface area contributed by atoms with Gasteiger partial charge in [0.25, 0.3) is 0 Å². The van der Waals surface area contributed by atoms with E-state index in [0.29, 0.717) is 0 Å². The third kappa shape index (κ3) is 4.64. The van der Waals surface area contributed by atoms with Crippen LogP contribution in [-0.4, -0.2) is 19.9 Å². The van der Waals surface area contributed by atoms with Gasteiger partial charge >= 0.3 is 227 Å². The molecular formula is C37H29FN2Se. The number of pyridine rings is 1. The van der Waals surface area contributed by atoms with Crippen LogP contribution in [0.4, 0.5) is 21.5 Å². The molecule has 0 radical (unpaired) electrons. The van der Waals surface area contributed by atoms with Gasteiger partial charge in [0.05, 0.1) is 0 Å². The molecule has 0 spiro atoms. The molecule has 5 aromatic carbocycles. The molecule has 0 saturated heterocycles. The number of aromatic nitrogens is 1. The summed E-state index contributed by atoms with van der Waals surface area (Å²) >= 11 is 0.223. The molecule has 1 aromatic heterocycles. The number of para-hydroxylation sites is 3. The second kappa shape index (κ2) is 9.99. The van der Waals surface area contributed by atoms with Gasteiger partial charge in [-0.1, -0.05) is 20.8 Å². The van der Waals surface area contributed by atoms with E-state index in [0.717, 1.165) is 39.0 Å². The molecule has 0 fully saturated rings. The summed E-state index contributed by atoms with van der Waals surface area (Å²) < 4.78 is 16.6. The van der Waals surface area contributed by atoms with Crippen molar-refractivity contribution in [3.05, 3.63) is 133 Å². The van der Waals surface area contributed by atoms with Crippen LogP contribution in [0.3, 0.4) is 0 Å². The van der Waals surface area contributed by atoms with Crippen LogP contribution in [0, 0.1) is 5.82 Å². The van der Waals surface area contributed by atoms with Crippen LogP contribution in [0.15, 0.2) is 121 Å². The van der Waals surface area contributed by atoms with Gasteiger partial charge < -0.3 is 0 Å². The summed E-state index contributed by atoms with van der Waals surface area (Å²) in [7, 11) is 0. The zero-order valence-corrected chi connectivity index (χ0v) is 24.9. The minimum atomic E-state index is -0.253. The van der Waals surface area contributed by atoms with Crippen LogP contribution in [0.1, 0.15) is 26.3 Å². The van der Waals surface area contributed by atoms with E-state index >= 15 is 0 Å². The zero-order valence-electron chi connectivity index (χ0n) is 23.2. The Kier molecular flexibility index (Phi) is 6.27. The summed E-state index contributed by atoms with van der Waals surface area (Å²) in [6.45, 7) is 6.70. The van der Waals surface area contributed by atoms with E-state index < -0.39 is 0 Å². The van der Waals surface area contributed by atoms with Crippen LogP contribution in [0.5, 0.6) is 0 Å². The van der Waals surface area contributed by atoms with Gasteiger partial charge in [0, 0.05) is 0 Å². The molecule has 0 aliphatic carbocycles. The predicted octanol–water partition coefficient (Wildman–Crippen LogP) is 8.44. The summed E-state index contributed by atoms with van der Waals surface area (Å²) in [6, 6.07) is 41.5. The normalized spacial score (nSPS) is 12.7. The van der Waals surface area contributed by atoms with E-state index in [1.165, 1.54) is 38.0 Å². The average Bonchev–Trinajstić information content (AvgIpc) is 2.99. The number of hydrogen-bond acceptors (Lipinski definition) is 2. The standard InChI is InChI=1S/C37H29FN2Se/c1-37(2,3)26-19-15-24(16-20-26)29-23-30(25-17-21-27(38)22-18-25)39-36-28(29)9-8-12-33(36)40-31-10-4-6-13-34(31)41-35-14-7-5-11-32(35)40/h4-23H,1-3H3. The Labute approximate surface area is 246 Å². The van der Waals surface area contributed by atoms with Crippen molar-refractivity contribution in [1.82, 2.24) is 4.98 Å². The second-order valence-corrected chi connectivity index (χ2v) is 13.7. The molecule has 2 nitrogen and oxygen atoms in total. The number of nitrogens with zero attached hydrogens (tertiary/aromatic N) is 2. The molecule has 1 aliphatic rings. The van der Waals surface area contributed by atoms with Gasteiger partial charge in [-0.2, -0.15) is 0 Å². The number of fused-ring (bicyclic) bond motifs is 3. The van der Waals surface area contributed by atoms with Crippen LogP contribution in [0.2, 0.25) is 0 Å². The van der Waals surface area contributed by atoms with Crippen LogP contribution in [-0.2, 0) is 5.41 Å². The van der Waals surface area contributed by atoms with E-state index in [-0.39, 0.29) is 26.2 Å². The number of rotatable bonds is 3. The Bertz CT molecular complexity index is 1860. The van der Waals surface area contributed by atoms with Crippen LogP contribution >= 0.6 is 0 Å². The zero-order chi connectivity index (χ0) is 28.1. The fraction of sp³-hybridized carbons (Fsp3) is 0.108. The quantitative estimate of drug-likeness (QED) is 0.190. The van der Waals surface area contributed by atoms with Gasteiger partial charge in [0.2, 0.25) is 0 Å². The Morgan fingerprint density at radius 2 is 1.22 bits per heavy atom. The van der Waals surface area contributed by atoms with Crippen molar-refractivity contribution in [3.63, 3.8) is 0 Å². The molecule has 200 valence electrons. The molecule has 0 atom stereocenters.